The van der Waals surface area contributed by atoms with Gasteiger partial charge in [-0.3, -0.25) is 0 Å². The first kappa shape index (κ1) is 11.1. The van der Waals surface area contributed by atoms with Crippen molar-refractivity contribution >= 4 is 11.6 Å². The Balaban J connectivity index is 2.17. The molecule has 16 heavy (non-hydrogen) atoms. The maximum absolute atomic E-state index is 12.9. The highest BCUT2D eigenvalue weighted by atomic mass is 35.5. The Labute approximate surface area is 97.1 Å². The number of aliphatic hydroxyl groups excluding tert-OH is 1. The fourth-order valence-electron chi connectivity index (χ4n) is 1.42. The van der Waals surface area contributed by atoms with Gasteiger partial charge in [-0.15, -0.1) is 0 Å². The van der Waals surface area contributed by atoms with Gasteiger partial charge in [0.25, 0.3) is 0 Å². The molecule has 0 saturated carbocycles. The SMILES string of the molecule is OCc1cn(Cc2ccc(F)c(Cl)c2)cn1. The van der Waals surface area contributed by atoms with E-state index in [1.807, 2.05) is 0 Å². The lowest BCUT2D eigenvalue weighted by atomic mass is 10.2. The maximum Gasteiger partial charge on any atom is 0.141 e. The average Bonchev–Trinajstić information content (AvgIpc) is 2.71. The van der Waals surface area contributed by atoms with Crippen LogP contribution in [0.5, 0.6) is 0 Å². The molecule has 0 aliphatic rings. The summed E-state index contributed by atoms with van der Waals surface area (Å²) in [6.07, 6.45) is 3.35. The summed E-state index contributed by atoms with van der Waals surface area (Å²) in [6.45, 7) is 0.462. The molecule has 2 aromatic rings. The molecule has 0 aliphatic carbocycles. The van der Waals surface area contributed by atoms with Crippen LogP contribution in [-0.4, -0.2) is 14.7 Å². The Hall–Kier alpha value is -1.39. The van der Waals surface area contributed by atoms with Crippen molar-refractivity contribution in [2.24, 2.45) is 0 Å². The van der Waals surface area contributed by atoms with E-state index in [1.165, 1.54) is 6.07 Å². The van der Waals surface area contributed by atoms with E-state index in [0.29, 0.717) is 12.2 Å². The van der Waals surface area contributed by atoms with Crippen molar-refractivity contribution in [1.29, 1.82) is 0 Å². The minimum Gasteiger partial charge on any atom is -0.390 e. The summed E-state index contributed by atoms with van der Waals surface area (Å²) in [6, 6.07) is 4.58. The summed E-state index contributed by atoms with van der Waals surface area (Å²) in [5.74, 6) is -0.424. The molecule has 0 radical (unpaired) electrons. The van der Waals surface area contributed by atoms with Crippen molar-refractivity contribution < 1.29 is 9.50 Å². The smallest absolute Gasteiger partial charge is 0.141 e. The van der Waals surface area contributed by atoms with E-state index in [9.17, 15) is 4.39 Å². The summed E-state index contributed by atoms with van der Waals surface area (Å²) >= 11 is 5.67. The molecule has 0 amide bonds. The third-order valence-electron chi connectivity index (χ3n) is 2.20. The molecule has 0 atom stereocenters. The van der Waals surface area contributed by atoms with Crippen LogP contribution >= 0.6 is 11.6 Å². The highest BCUT2D eigenvalue weighted by molar-refractivity contribution is 6.30. The van der Waals surface area contributed by atoms with Crippen molar-refractivity contribution in [3.63, 3.8) is 0 Å². The van der Waals surface area contributed by atoms with Gasteiger partial charge in [-0.25, -0.2) is 9.37 Å². The third-order valence-corrected chi connectivity index (χ3v) is 2.49. The second kappa shape index (κ2) is 4.63. The minimum atomic E-state index is -0.424. The molecule has 0 unspecified atom stereocenters. The lowest BCUT2D eigenvalue weighted by molar-refractivity contribution is 0.277. The molecule has 0 spiro atoms. The number of imidazole rings is 1. The molecule has 0 saturated heterocycles. The first-order valence-electron chi connectivity index (χ1n) is 4.74. The fourth-order valence-corrected chi connectivity index (χ4v) is 1.63. The number of hydrogen-bond acceptors (Lipinski definition) is 2. The second-order valence-electron chi connectivity index (χ2n) is 3.44. The average molecular weight is 241 g/mol. The Morgan fingerprint density at radius 2 is 2.25 bits per heavy atom. The van der Waals surface area contributed by atoms with Gasteiger partial charge < -0.3 is 9.67 Å². The zero-order chi connectivity index (χ0) is 11.5. The van der Waals surface area contributed by atoms with Crippen molar-refractivity contribution in [3.8, 4) is 0 Å². The van der Waals surface area contributed by atoms with E-state index < -0.39 is 5.82 Å². The van der Waals surface area contributed by atoms with Crippen LogP contribution in [0.1, 0.15) is 11.3 Å². The van der Waals surface area contributed by atoms with Crippen molar-refractivity contribution in [2.45, 2.75) is 13.2 Å². The summed E-state index contributed by atoms with van der Waals surface area (Å²) < 4.78 is 14.7. The van der Waals surface area contributed by atoms with Crippen LogP contribution in [0.2, 0.25) is 5.02 Å². The van der Waals surface area contributed by atoms with Crippen molar-refractivity contribution in [2.75, 3.05) is 0 Å². The van der Waals surface area contributed by atoms with Gasteiger partial charge in [-0.05, 0) is 17.7 Å². The third kappa shape index (κ3) is 2.40. The Morgan fingerprint density at radius 1 is 1.44 bits per heavy atom. The monoisotopic (exact) mass is 240 g/mol. The van der Waals surface area contributed by atoms with Gasteiger partial charge in [-0.1, -0.05) is 17.7 Å². The largest absolute Gasteiger partial charge is 0.390 e. The molecule has 1 heterocycles. The highest BCUT2D eigenvalue weighted by Crippen LogP contribution is 2.16. The molecule has 0 aliphatic heterocycles. The molecule has 0 fully saturated rings. The van der Waals surface area contributed by atoms with Gasteiger partial charge in [0, 0.05) is 12.7 Å². The number of aliphatic hydroxyl groups is 1. The van der Waals surface area contributed by atoms with Crippen LogP contribution in [0.3, 0.4) is 0 Å². The van der Waals surface area contributed by atoms with E-state index >= 15 is 0 Å². The van der Waals surface area contributed by atoms with Crippen molar-refractivity contribution in [3.05, 3.63) is 52.8 Å². The van der Waals surface area contributed by atoms with Gasteiger partial charge >= 0.3 is 0 Å². The standard InChI is InChI=1S/C11H10ClFN2O/c12-10-3-8(1-2-11(10)13)4-15-5-9(6-16)14-7-15/h1-3,5,7,16H,4,6H2. The maximum atomic E-state index is 12.9. The Bertz CT molecular complexity index is 498. The molecule has 2 rings (SSSR count). The number of halogens is 2. The van der Waals surface area contributed by atoms with E-state index in [2.05, 4.69) is 4.98 Å². The molecule has 1 aromatic heterocycles. The van der Waals surface area contributed by atoms with Gasteiger partial charge in [0.1, 0.15) is 5.82 Å². The van der Waals surface area contributed by atoms with E-state index in [0.717, 1.165) is 5.56 Å². The molecular formula is C11H10ClFN2O. The number of benzene rings is 1. The van der Waals surface area contributed by atoms with Crippen LogP contribution in [0.15, 0.2) is 30.7 Å². The van der Waals surface area contributed by atoms with Gasteiger partial charge in [0.15, 0.2) is 0 Å². The lowest BCUT2D eigenvalue weighted by Crippen LogP contribution is -1.96. The Morgan fingerprint density at radius 3 is 2.88 bits per heavy atom. The topological polar surface area (TPSA) is 38.0 Å². The number of rotatable bonds is 3. The van der Waals surface area contributed by atoms with Crippen LogP contribution in [0.25, 0.3) is 0 Å². The summed E-state index contributed by atoms with van der Waals surface area (Å²) in [4.78, 5) is 3.98. The summed E-state index contributed by atoms with van der Waals surface area (Å²) in [5, 5.41) is 8.96. The second-order valence-corrected chi connectivity index (χ2v) is 3.85. The number of hydrogen-bond donors (Lipinski definition) is 1. The zero-order valence-corrected chi connectivity index (χ0v) is 9.15. The van der Waals surface area contributed by atoms with Gasteiger partial charge in [0.2, 0.25) is 0 Å². The zero-order valence-electron chi connectivity index (χ0n) is 8.40. The molecule has 5 heteroatoms. The van der Waals surface area contributed by atoms with Crippen LogP contribution in [-0.2, 0) is 13.2 Å². The normalized spacial score (nSPS) is 10.7. The molecule has 1 aromatic carbocycles. The van der Waals surface area contributed by atoms with E-state index in [1.54, 1.807) is 29.2 Å². The Kier molecular flexibility index (Phi) is 3.22. The fraction of sp³-hybridized carbons (Fsp3) is 0.182. The van der Waals surface area contributed by atoms with Crippen LogP contribution < -0.4 is 0 Å². The first-order valence-corrected chi connectivity index (χ1v) is 5.12. The molecular weight excluding hydrogens is 231 g/mol. The summed E-state index contributed by atoms with van der Waals surface area (Å²) in [7, 11) is 0. The van der Waals surface area contributed by atoms with Crippen molar-refractivity contribution in [1.82, 2.24) is 9.55 Å². The van der Waals surface area contributed by atoms with Crippen LogP contribution in [0, 0.1) is 5.82 Å². The molecule has 0 bridgehead atoms. The number of aromatic nitrogens is 2. The predicted molar refractivity (Wildman–Crippen MR) is 58.7 cm³/mol. The van der Waals surface area contributed by atoms with E-state index in [4.69, 9.17) is 16.7 Å². The van der Waals surface area contributed by atoms with Gasteiger partial charge in [0.05, 0.1) is 23.7 Å². The highest BCUT2D eigenvalue weighted by Gasteiger charge is 2.02. The minimum absolute atomic E-state index is 0.0861. The molecule has 3 nitrogen and oxygen atoms in total. The molecule has 1 N–H and O–H groups in total. The van der Waals surface area contributed by atoms with Gasteiger partial charge in [-0.2, -0.15) is 0 Å². The quantitative estimate of drug-likeness (QED) is 0.893. The number of nitrogens with zero attached hydrogens (tertiary/aromatic N) is 2. The lowest BCUT2D eigenvalue weighted by Gasteiger charge is -2.03. The van der Waals surface area contributed by atoms with E-state index in [-0.39, 0.29) is 11.6 Å². The summed E-state index contributed by atoms with van der Waals surface area (Å²) in [5.41, 5.74) is 1.49. The first-order chi connectivity index (χ1) is 7.69. The predicted octanol–water partition coefficient (Wildman–Crippen LogP) is 2.22. The van der Waals surface area contributed by atoms with Crippen LogP contribution in [0.4, 0.5) is 4.39 Å². The molecule has 84 valence electrons.